The lowest BCUT2D eigenvalue weighted by Crippen LogP contribution is -2.49. The molecule has 2 rings (SSSR count). The summed E-state index contributed by atoms with van der Waals surface area (Å²) in [6.45, 7) is 11.9. The molecule has 0 radical (unpaired) electrons. The average Bonchev–Trinajstić information content (AvgIpc) is 2.59. The first-order valence-corrected chi connectivity index (χ1v) is 10.3. The van der Waals surface area contributed by atoms with Crippen LogP contribution in [0.15, 0.2) is 9.59 Å². The molecule has 158 valence electrons. The molecular weight excluding hydrogens is 358 g/mol. The van der Waals surface area contributed by atoms with Gasteiger partial charge in [0.1, 0.15) is 5.82 Å². The maximum Gasteiger partial charge on any atom is 0.330 e. The highest BCUT2D eigenvalue weighted by Crippen LogP contribution is 2.21. The van der Waals surface area contributed by atoms with Gasteiger partial charge in [0.15, 0.2) is 5.69 Å². The first-order valence-electron chi connectivity index (χ1n) is 10.3. The number of aromatic amines is 1. The second-order valence-electron chi connectivity index (χ2n) is 8.71. The number of nitrogens with two attached hydrogens (primary N) is 1. The Morgan fingerprint density at radius 1 is 1.21 bits per heavy atom. The van der Waals surface area contributed by atoms with Crippen molar-refractivity contribution in [3.8, 4) is 0 Å². The first-order chi connectivity index (χ1) is 13.1. The van der Waals surface area contributed by atoms with Crippen molar-refractivity contribution >= 4 is 17.4 Å². The lowest BCUT2D eigenvalue weighted by molar-refractivity contribution is -0.120. The molecule has 1 aromatic rings. The maximum absolute atomic E-state index is 13.2. The summed E-state index contributed by atoms with van der Waals surface area (Å²) in [5, 5.41) is 0. The van der Waals surface area contributed by atoms with E-state index in [1.165, 1.54) is 15.9 Å². The number of H-pyrrole nitrogens is 1. The Balaban J connectivity index is 2.43. The van der Waals surface area contributed by atoms with Crippen molar-refractivity contribution in [3.05, 3.63) is 20.8 Å². The minimum atomic E-state index is -0.608. The summed E-state index contributed by atoms with van der Waals surface area (Å²) in [4.78, 5) is 44.0. The van der Waals surface area contributed by atoms with E-state index in [1.54, 1.807) is 0 Å². The fourth-order valence-corrected chi connectivity index (χ4v) is 3.72. The number of hydrogen-bond acceptors (Lipinski definition) is 5. The van der Waals surface area contributed by atoms with Crippen molar-refractivity contribution in [2.24, 2.45) is 11.8 Å². The highest BCUT2D eigenvalue weighted by atomic mass is 16.2. The van der Waals surface area contributed by atoms with E-state index < -0.39 is 11.2 Å². The van der Waals surface area contributed by atoms with Gasteiger partial charge in [-0.1, -0.05) is 34.1 Å². The number of nitrogen functional groups attached to an aromatic ring is 1. The number of amides is 1. The van der Waals surface area contributed by atoms with Crippen LogP contribution in [-0.4, -0.2) is 46.0 Å². The topological polar surface area (TPSA) is 104 Å². The van der Waals surface area contributed by atoms with E-state index in [0.717, 1.165) is 19.4 Å². The largest absolute Gasteiger partial charge is 0.383 e. The summed E-state index contributed by atoms with van der Waals surface area (Å²) in [5.41, 5.74) is 5.18. The molecule has 1 atom stereocenters. The predicted octanol–water partition coefficient (Wildman–Crippen LogP) is 1.64. The molecule has 1 saturated heterocycles. The van der Waals surface area contributed by atoms with Crippen molar-refractivity contribution in [1.82, 2.24) is 14.5 Å². The van der Waals surface area contributed by atoms with Gasteiger partial charge in [-0.15, -0.1) is 0 Å². The third-order valence-corrected chi connectivity index (χ3v) is 5.16. The lowest BCUT2D eigenvalue weighted by atomic mass is 10.0. The van der Waals surface area contributed by atoms with Gasteiger partial charge in [-0.05, 0) is 38.1 Å². The Morgan fingerprint density at radius 2 is 1.89 bits per heavy atom. The van der Waals surface area contributed by atoms with Crippen molar-refractivity contribution in [1.29, 1.82) is 0 Å². The van der Waals surface area contributed by atoms with Gasteiger partial charge in [-0.25, -0.2) is 4.79 Å². The number of likely N-dealkylation sites (tertiary alicyclic amines) is 1. The van der Waals surface area contributed by atoms with Crippen molar-refractivity contribution < 1.29 is 4.79 Å². The van der Waals surface area contributed by atoms with Crippen LogP contribution in [0.5, 0.6) is 0 Å². The Bertz CT molecular complexity index is 796. The highest BCUT2D eigenvalue weighted by molar-refractivity contribution is 5.96. The SMILES string of the molecule is CC(C)CN(C(=O)CN1CCCC[C@H]1C)c1c(N)n(CC(C)C)c(=O)[nH]c1=O. The van der Waals surface area contributed by atoms with Gasteiger partial charge in [0.05, 0.1) is 6.54 Å². The smallest absolute Gasteiger partial charge is 0.330 e. The van der Waals surface area contributed by atoms with Crippen LogP contribution in [-0.2, 0) is 11.3 Å². The molecule has 1 amide bonds. The van der Waals surface area contributed by atoms with Crippen LogP contribution in [0.4, 0.5) is 11.5 Å². The zero-order chi connectivity index (χ0) is 21.0. The van der Waals surface area contributed by atoms with E-state index >= 15 is 0 Å². The normalized spacial score (nSPS) is 18.0. The minimum Gasteiger partial charge on any atom is -0.383 e. The van der Waals surface area contributed by atoms with Gasteiger partial charge in [-0.2, -0.15) is 0 Å². The zero-order valence-electron chi connectivity index (χ0n) is 17.8. The molecule has 0 bridgehead atoms. The summed E-state index contributed by atoms with van der Waals surface area (Å²) in [6.07, 6.45) is 3.32. The minimum absolute atomic E-state index is 0.0585. The molecule has 28 heavy (non-hydrogen) atoms. The number of nitrogens with one attached hydrogen (secondary N) is 1. The van der Waals surface area contributed by atoms with Gasteiger partial charge in [0.2, 0.25) is 5.91 Å². The number of piperidine rings is 1. The summed E-state index contributed by atoms with van der Waals surface area (Å²) >= 11 is 0. The molecule has 0 aromatic carbocycles. The van der Waals surface area contributed by atoms with Crippen molar-refractivity contribution in [3.63, 3.8) is 0 Å². The average molecular weight is 394 g/mol. The van der Waals surface area contributed by atoms with Crippen LogP contribution < -0.4 is 21.9 Å². The third kappa shape index (κ3) is 5.25. The standard InChI is InChI=1S/C20H35N5O3/c1-13(2)10-24(16(26)12-23-9-7-6-8-15(23)5)17-18(21)25(11-14(3)4)20(28)22-19(17)27/h13-15H,6-12,21H2,1-5H3,(H,22,27,28)/t15-/m1/s1. The molecule has 8 nitrogen and oxygen atoms in total. The van der Waals surface area contributed by atoms with Crippen LogP contribution in [0, 0.1) is 11.8 Å². The molecule has 1 fully saturated rings. The Morgan fingerprint density at radius 3 is 2.46 bits per heavy atom. The molecule has 0 unspecified atom stereocenters. The van der Waals surface area contributed by atoms with E-state index in [4.69, 9.17) is 5.73 Å². The van der Waals surface area contributed by atoms with E-state index in [1.807, 2.05) is 27.7 Å². The lowest BCUT2D eigenvalue weighted by Gasteiger charge is -2.35. The van der Waals surface area contributed by atoms with Crippen LogP contribution in [0.3, 0.4) is 0 Å². The number of aromatic nitrogens is 2. The molecule has 1 aliphatic rings. The van der Waals surface area contributed by atoms with E-state index in [-0.39, 0.29) is 35.8 Å². The molecule has 0 saturated carbocycles. The van der Waals surface area contributed by atoms with E-state index in [2.05, 4.69) is 16.8 Å². The molecule has 2 heterocycles. The summed E-state index contributed by atoms with van der Waals surface area (Å²) < 4.78 is 1.35. The third-order valence-electron chi connectivity index (χ3n) is 5.16. The Kier molecular flexibility index (Phi) is 7.46. The number of rotatable bonds is 7. The van der Waals surface area contributed by atoms with Gasteiger partial charge in [0, 0.05) is 19.1 Å². The molecule has 8 heteroatoms. The van der Waals surface area contributed by atoms with Crippen LogP contribution in [0.2, 0.25) is 0 Å². The zero-order valence-corrected chi connectivity index (χ0v) is 17.8. The summed E-state index contributed by atoms with van der Waals surface area (Å²) in [5.74, 6) is 0.215. The molecule has 1 aliphatic heterocycles. The number of hydrogen-bond donors (Lipinski definition) is 2. The number of nitrogens with zero attached hydrogens (tertiary/aromatic N) is 3. The molecular formula is C20H35N5O3. The Labute approximate surface area is 166 Å². The van der Waals surface area contributed by atoms with Crippen molar-refractivity contribution in [2.75, 3.05) is 30.3 Å². The predicted molar refractivity (Wildman–Crippen MR) is 113 cm³/mol. The van der Waals surface area contributed by atoms with Gasteiger partial charge >= 0.3 is 5.69 Å². The fraction of sp³-hybridized carbons (Fsp3) is 0.750. The summed E-state index contributed by atoms with van der Waals surface area (Å²) in [6, 6.07) is 0.337. The van der Waals surface area contributed by atoms with Gasteiger partial charge in [-0.3, -0.25) is 24.0 Å². The molecule has 1 aromatic heterocycles. The van der Waals surface area contributed by atoms with Gasteiger partial charge in [0.25, 0.3) is 5.56 Å². The molecule has 0 aliphatic carbocycles. The Hall–Kier alpha value is -2.09. The quantitative estimate of drug-likeness (QED) is 0.733. The molecule has 0 spiro atoms. The second-order valence-corrected chi connectivity index (χ2v) is 8.71. The number of carbonyl (C=O) groups is 1. The van der Waals surface area contributed by atoms with Crippen LogP contribution in [0.1, 0.15) is 53.9 Å². The number of anilines is 2. The fourth-order valence-electron chi connectivity index (χ4n) is 3.72. The maximum atomic E-state index is 13.2. The van der Waals surface area contributed by atoms with E-state index in [9.17, 15) is 14.4 Å². The van der Waals surface area contributed by atoms with Crippen LogP contribution >= 0.6 is 0 Å². The van der Waals surface area contributed by atoms with Crippen LogP contribution in [0.25, 0.3) is 0 Å². The first kappa shape index (κ1) is 22.2. The monoisotopic (exact) mass is 393 g/mol. The van der Waals surface area contributed by atoms with E-state index in [0.29, 0.717) is 19.1 Å². The molecule has 3 N–H and O–H groups in total. The van der Waals surface area contributed by atoms with Gasteiger partial charge < -0.3 is 10.6 Å². The highest BCUT2D eigenvalue weighted by Gasteiger charge is 2.28. The summed E-state index contributed by atoms with van der Waals surface area (Å²) in [7, 11) is 0. The second kappa shape index (κ2) is 9.41. The van der Waals surface area contributed by atoms with Crippen molar-refractivity contribution in [2.45, 2.75) is 66.5 Å². The number of carbonyl (C=O) groups excluding carboxylic acids is 1.